The maximum atomic E-state index is 13.4. The Labute approximate surface area is 286 Å². The van der Waals surface area contributed by atoms with Crippen LogP contribution in [-0.4, -0.2) is 68.1 Å². The summed E-state index contributed by atoms with van der Waals surface area (Å²) in [6.07, 6.45) is -2.35. The van der Waals surface area contributed by atoms with Crippen molar-refractivity contribution < 1.29 is 33.8 Å². The highest BCUT2D eigenvalue weighted by molar-refractivity contribution is 7.13. The lowest BCUT2D eigenvalue weighted by Gasteiger charge is -2.26. The number of aliphatic hydroxyl groups excluding tert-OH is 1. The number of hydrogen-bond donors (Lipinski definition) is 6. The highest BCUT2D eigenvalue weighted by Gasteiger charge is 2.28. The van der Waals surface area contributed by atoms with Gasteiger partial charge in [-0.3, -0.25) is 9.59 Å². The van der Waals surface area contributed by atoms with E-state index < -0.39 is 48.1 Å². The fraction of sp³-hybridized carbons (Fsp3) is 0.429. The maximum absolute atomic E-state index is 13.4. The van der Waals surface area contributed by atoms with Crippen LogP contribution in [0.25, 0.3) is 10.4 Å². The van der Waals surface area contributed by atoms with E-state index in [-0.39, 0.29) is 18.4 Å². The van der Waals surface area contributed by atoms with Gasteiger partial charge in [-0.1, -0.05) is 65.0 Å². The van der Waals surface area contributed by atoms with Crippen molar-refractivity contribution in [2.45, 2.75) is 65.3 Å². The minimum atomic E-state index is -0.894. The average molecular weight is 682 g/mol. The van der Waals surface area contributed by atoms with E-state index in [1.165, 1.54) is 19.1 Å². The van der Waals surface area contributed by atoms with E-state index in [1.807, 2.05) is 30.5 Å². The predicted molar refractivity (Wildman–Crippen MR) is 188 cm³/mol. The van der Waals surface area contributed by atoms with E-state index in [4.69, 9.17) is 4.74 Å². The molecule has 0 aliphatic rings. The molecule has 0 bridgehead atoms. The third-order valence-electron chi connectivity index (χ3n) is 7.90. The Hall–Kier alpha value is -4.46. The molecular formula is C35H47N5O7S. The van der Waals surface area contributed by atoms with Crippen LogP contribution in [0.15, 0.2) is 60.0 Å². The van der Waals surface area contributed by atoms with Crippen LogP contribution in [0, 0.1) is 11.8 Å². The van der Waals surface area contributed by atoms with Crippen LogP contribution < -0.4 is 26.6 Å². The minimum absolute atomic E-state index is 0.240. The molecule has 0 unspecified atom stereocenters. The summed E-state index contributed by atoms with van der Waals surface area (Å²) in [7, 11) is 2.44. The first-order chi connectivity index (χ1) is 22.8. The molecular weight excluding hydrogens is 634 g/mol. The summed E-state index contributed by atoms with van der Waals surface area (Å²) < 4.78 is 9.36. The first-order valence-electron chi connectivity index (χ1n) is 15.8. The number of anilines is 2. The molecule has 4 amide bonds. The molecule has 0 spiro atoms. The molecule has 12 nitrogen and oxygen atoms in total. The Morgan fingerprint density at radius 2 is 1.38 bits per heavy atom. The topological polar surface area (TPSA) is 167 Å². The lowest BCUT2D eigenvalue weighted by molar-refractivity contribution is -0.119. The highest BCUT2D eigenvalue weighted by Crippen LogP contribution is 2.31. The zero-order valence-electron chi connectivity index (χ0n) is 28.5. The number of carbonyl (C=O) groups is 4. The molecule has 48 heavy (non-hydrogen) atoms. The van der Waals surface area contributed by atoms with Crippen molar-refractivity contribution in [1.29, 1.82) is 0 Å². The summed E-state index contributed by atoms with van der Waals surface area (Å²) in [5.41, 5.74) is 3.56. The molecule has 1 aromatic heterocycles. The number of alkyl carbamates (subject to hydrolysis) is 2. The molecule has 0 fully saturated rings. The summed E-state index contributed by atoms with van der Waals surface area (Å²) in [6, 6.07) is 15.5. The Morgan fingerprint density at radius 3 is 1.90 bits per heavy atom. The molecule has 0 aliphatic heterocycles. The van der Waals surface area contributed by atoms with Crippen LogP contribution in [0.5, 0.6) is 0 Å². The molecule has 4 atom stereocenters. The second kappa shape index (κ2) is 18.2. The molecule has 13 heteroatoms. The second-order valence-electron chi connectivity index (χ2n) is 12.2. The van der Waals surface area contributed by atoms with Crippen molar-refractivity contribution in [3.8, 4) is 10.4 Å². The molecule has 3 aromatic rings. The quantitative estimate of drug-likeness (QED) is 0.126. The Balaban J connectivity index is 1.81. The molecule has 6 N–H and O–H groups in total. The Morgan fingerprint density at radius 1 is 0.792 bits per heavy atom. The number of amides is 4. The van der Waals surface area contributed by atoms with E-state index in [2.05, 4.69) is 49.5 Å². The largest absolute Gasteiger partial charge is 0.453 e. The van der Waals surface area contributed by atoms with E-state index >= 15 is 0 Å². The van der Waals surface area contributed by atoms with Crippen molar-refractivity contribution in [3.63, 3.8) is 0 Å². The van der Waals surface area contributed by atoms with Crippen LogP contribution in [0.1, 0.15) is 51.7 Å². The van der Waals surface area contributed by atoms with Gasteiger partial charge < -0.3 is 41.2 Å². The monoisotopic (exact) mass is 681 g/mol. The highest BCUT2D eigenvalue weighted by atomic mass is 32.1. The van der Waals surface area contributed by atoms with Gasteiger partial charge in [0, 0.05) is 35.3 Å². The number of benzene rings is 2. The summed E-state index contributed by atoms with van der Waals surface area (Å²) in [4.78, 5) is 51.5. The SMILES string of the molecule is COC(=O)N[C@H](C(=O)Nc1ccc(NC(=O)[C@@H](NC(=O)OC)C(C)C)c([C@H](C)[C@H](O)CNCc2ccc(-c3cccs3)cc2)c1)C(C)C. The van der Waals surface area contributed by atoms with Crippen LogP contribution in [0.3, 0.4) is 0 Å². The van der Waals surface area contributed by atoms with E-state index in [0.717, 1.165) is 11.1 Å². The number of rotatable bonds is 15. The van der Waals surface area contributed by atoms with E-state index in [1.54, 1.807) is 57.2 Å². The number of methoxy groups -OCH3 is 2. The fourth-order valence-corrected chi connectivity index (χ4v) is 5.71. The predicted octanol–water partition coefficient (Wildman–Crippen LogP) is 5.31. The lowest BCUT2D eigenvalue weighted by atomic mass is 9.92. The van der Waals surface area contributed by atoms with Gasteiger partial charge in [0.15, 0.2) is 0 Å². The summed E-state index contributed by atoms with van der Waals surface area (Å²) in [6.45, 7) is 9.77. The van der Waals surface area contributed by atoms with E-state index in [0.29, 0.717) is 23.5 Å². The van der Waals surface area contributed by atoms with Crippen LogP contribution in [0.4, 0.5) is 21.0 Å². The first-order valence-corrected chi connectivity index (χ1v) is 16.7. The van der Waals surface area contributed by atoms with Crippen molar-refractivity contribution in [2.75, 3.05) is 31.4 Å². The number of ether oxygens (including phenoxy) is 2. The van der Waals surface area contributed by atoms with Crippen molar-refractivity contribution in [2.24, 2.45) is 11.8 Å². The zero-order valence-corrected chi connectivity index (χ0v) is 29.3. The normalized spacial score (nSPS) is 13.6. The smallest absolute Gasteiger partial charge is 0.407 e. The number of aliphatic hydroxyl groups is 1. The van der Waals surface area contributed by atoms with Gasteiger partial charge >= 0.3 is 12.2 Å². The van der Waals surface area contributed by atoms with Gasteiger partial charge in [-0.25, -0.2) is 9.59 Å². The maximum Gasteiger partial charge on any atom is 0.407 e. The molecule has 0 radical (unpaired) electrons. The molecule has 3 rings (SSSR count). The number of thiophene rings is 1. The summed E-state index contributed by atoms with van der Waals surface area (Å²) >= 11 is 1.68. The van der Waals surface area contributed by atoms with Crippen LogP contribution in [-0.2, 0) is 25.6 Å². The van der Waals surface area contributed by atoms with Gasteiger partial charge in [-0.2, -0.15) is 0 Å². The average Bonchev–Trinajstić information content (AvgIpc) is 3.61. The molecule has 0 aliphatic carbocycles. The van der Waals surface area contributed by atoms with Gasteiger partial charge in [0.05, 0.1) is 20.3 Å². The molecule has 1 heterocycles. The Kier molecular flexibility index (Phi) is 14.4. The molecule has 0 saturated heterocycles. The van der Waals surface area contributed by atoms with Crippen molar-refractivity contribution in [1.82, 2.24) is 16.0 Å². The zero-order chi connectivity index (χ0) is 35.4. The lowest BCUT2D eigenvalue weighted by Crippen LogP contribution is -2.47. The van der Waals surface area contributed by atoms with Crippen molar-refractivity contribution in [3.05, 3.63) is 71.1 Å². The molecule has 260 valence electrons. The third-order valence-corrected chi connectivity index (χ3v) is 8.82. The number of nitrogens with one attached hydrogen (secondary N) is 5. The van der Waals surface area contributed by atoms with Gasteiger partial charge in [0.1, 0.15) is 12.1 Å². The summed E-state index contributed by atoms with van der Waals surface area (Å²) in [5.74, 6) is -1.93. The number of hydrogen-bond acceptors (Lipinski definition) is 9. The van der Waals surface area contributed by atoms with E-state index in [9.17, 15) is 24.3 Å². The molecule has 2 aromatic carbocycles. The van der Waals surface area contributed by atoms with Crippen LogP contribution >= 0.6 is 11.3 Å². The van der Waals surface area contributed by atoms with Gasteiger partial charge in [-0.15, -0.1) is 11.3 Å². The standard InChI is InChI=1S/C35H47N5O7S/c1-20(2)30(39-34(44)46-6)32(42)37-25-14-15-27(38-33(43)31(21(3)4)40-35(45)47-7)26(17-25)22(5)28(41)19-36-18-23-10-12-24(13-11-23)29-9-8-16-48-29/h8-17,20-22,28,30-31,36,41H,18-19H2,1-7H3,(H,37,42)(H,38,43)(H,39,44)(H,40,45)/t22-,28+,30-,31-/m0/s1. The Bertz CT molecular complexity index is 1510. The second-order valence-corrected chi connectivity index (χ2v) is 13.1. The molecule has 0 saturated carbocycles. The van der Waals surface area contributed by atoms with Crippen molar-refractivity contribution >= 4 is 46.7 Å². The minimum Gasteiger partial charge on any atom is -0.453 e. The number of carbonyl (C=O) groups excluding carboxylic acids is 4. The summed E-state index contributed by atoms with van der Waals surface area (Å²) in [5, 5.41) is 27.5. The van der Waals surface area contributed by atoms with Gasteiger partial charge in [-0.05, 0) is 58.2 Å². The van der Waals surface area contributed by atoms with Gasteiger partial charge in [0.25, 0.3) is 0 Å². The first kappa shape index (κ1) is 38.0. The fourth-order valence-electron chi connectivity index (χ4n) is 4.98. The van der Waals surface area contributed by atoms with Gasteiger partial charge in [0.2, 0.25) is 11.8 Å². The van der Waals surface area contributed by atoms with Crippen LogP contribution in [0.2, 0.25) is 0 Å². The third kappa shape index (κ3) is 10.8.